The minimum Gasteiger partial charge on any atom is -0.496 e. The summed E-state index contributed by atoms with van der Waals surface area (Å²) in [4.78, 5) is 30.7. The first kappa shape index (κ1) is 25.2. The van der Waals surface area contributed by atoms with Crippen molar-refractivity contribution in [3.63, 3.8) is 0 Å². The number of ether oxygens (including phenoxy) is 1. The van der Waals surface area contributed by atoms with Gasteiger partial charge in [0.2, 0.25) is 5.91 Å². The van der Waals surface area contributed by atoms with Gasteiger partial charge in [-0.3, -0.25) is 14.5 Å². The van der Waals surface area contributed by atoms with E-state index in [2.05, 4.69) is 17.1 Å². The maximum atomic E-state index is 13.4. The highest BCUT2D eigenvalue weighted by molar-refractivity contribution is 5.94. The van der Waals surface area contributed by atoms with Crippen LogP contribution in [-0.4, -0.2) is 67.5 Å². The standard InChI is InChI=1S/C29H39N3O3/c1-3-22-12-14-25(15-13-22)29(34)32-20-18-31(19-21-32)27(24-9-4-5-10-24)28(33)30-17-16-23-8-6-7-11-26(23)35-2/h6-8,11-15,24,27H,3-5,9-10,16-21H2,1-2H3,(H,30,33)/t27-/m0/s1. The molecule has 2 amide bonds. The fraction of sp³-hybridized carbons (Fsp3) is 0.517. The van der Waals surface area contributed by atoms with Gasteiger partial charge in [0.25, 0.3) is 5.91 Å². The Bertz CT molecular complexity index is 977. The number of carbonyl (C=O) groups is 2. The monoisotopic (exact) mass is 477 g/mol. The van der Waals surface area contributed by atoms with Crippen LogP contribution in [0.4, 0.5) is 0 Å². The highest BCUT2D eigenvalue weighted by atomic mass is 16.5. The summed E-state index contributed by atoms with van der Waals surface area (Å²) in [6.45, 7) is 5.50. The molecule has 0 radical (unpaired) electrons. The summed E-state index contributed by atoms with van der Waals surface area (Å²) < 4.78 is 5.45. The first-order valence-corrected chi connectivity index (χ1v) is 13.1. The number of para-hydroxylation sites is 1. The van der Waals surface area contributed by atoms with Crippen molar-refractivity contribution >= 4 is 11.8 Å². The van der Waals surface area contributed by atoms with Gasteiger partial charge in [0, 0.05) is 38.3 Å². The molecule has 6 heteroatoms. The number of piperazine rings is 1. The van der Waals surface area contributed by atoms with E-state index >= 15 is 0 Å². The van der Waals surface area contributed by atoms with Crippen LogP contribution in [0.3, 0.4) is 0 Å². The summed E-state index contributed by atoms with van der Waals surface area (Å²) in [6, 6.07) is 15.8. The number of nitrogens with zero attached hydrogens (tertiary/aromatic N) is 2. The Labute approximate surface area is 209 Å². The van der Waals surface area contributed by atoms with Gasteiger partial charge in [-0.15, -0.1) is 0 Å². The van der Waals surface area contributed by atoms with Crippen molar-refractivity contribution in [3.05, 3.63) is 65.2 Å². The van der Waals surface area contributed by atoms with Crippen LogP contribution < -0.4 is 10.1 Å². The Hall–Kier alpha value is -2.86. The third kappa shape index (κ3) is 6.23. The second-order valence-electron chi connectivity index (χ2n) is 9.72. The molecule has 0 spiro atoms. The zero-order valence-electron chi connectivity index (χ0n) is 21.2. The van der Waals surface area contributed by atoms with Gasteiger partial charge in [0.1, 0.15) is 5.75 Å². The largest absolute Gasteiger partial charge is 0.496 e. The zero-order chi connectivity index (χ0) is 24.6. The second kappa shape index (κ2) is 12.2. The Kier molecular flexibility index (Phi) is 8.80. The molecule has 2 aliphatic rings. The summed E-state index contributed by atoms with van der Waals surface area (Å²) in [5.41, 5.74) is 3.09. The van der Waals surface area contributed by atoms with E-state index in [-0.39, 0.29) is 17.9 Å². The number of nitrogens with one attached hydrogen (secondary N) is 1. The Morgan fingerprint density at radius 2 is 1.69 bits per heavy atom. The van der Waals surface area contributed by atoms with Crippen molar-refractivity contribution in [3.8, 4) is 5.75 Å². The van der Waals surface area contributed by atoms with Crippen LogP contribution in [-0.2, 0) is 17.6 Å². The molecule has 1 aliphatic heterocycles. The molecule has 0 bridgehead atoms. The number of amides is 2. The first-order valence-electron chi connectivity index (χ1n) is 13.1. The first-order chi connectivity index (χ1) is 17.1. The van der Waals surface area contributed by atoms with Crippen molar-refractivity contribution in [2.75, 3.05) is 39.8 Å². The normalized spacial score (nSPS) is 17.8. The number of benzene rings is 2. The lowest BCUT2D eigenvalue weighted by Crippen LogP contribution is -2.58. The average Bonchev–Trinajstić information content (AvgIpc) is 3.43. The molecular formula is C29H39N3O3. The molecule has 1 saturated carbocycles. The molecule has 4 rings (SSSR count). The van der Waals surface area contributed by atoms with Crippen molar-refractivity contribution in [2.24, 2.45) is 5.92 Å². The van der Waals surface area contributed by atoms with E-state index in [4.69, 9.17) is 4.74 Å². The van der Waals surface area contributed by atoms with Crippen molar-refractivity contribution in [2.45, 2.75) is 51.5 Å². The van der Waals surface area contributed by atoms with Gasteiger partial charge >= 0.3 is 0 Å². The van der Waals surface area contributed by atoms with Crippen LogP contribution in [0.25, 0.3) is 0 Å². The zero-order valence-corrected chi connectivity index (χ0v) is 21.2. The minimum absolute atomic E-state index is 0.0889. The molecule has 0 aromatic heterocycles. The van der Waals surface area contributed by atoms with Gasteiger partial charge in [-0.1, -0.05) is 50.1 Å². The molecule has 188 valence electrons. The lowest BCUT2D eigenvalue weighted by Gasteiger charge is -2.40. The van der Waals surface area contributed by atoms with Crippen molar-refractivity contribution in [1.29, 1.82) is 0 Å². The van der Waals surface area contributed by atoms with Gasteiger partial charge < -0.3 is 15.0 Å². The van der Waals surface area contributed by atoms with E-state index in [0.717, 1.165) is 55.6 Å². The Morgan fingerprint density at radius 1 is 1.00 bits per heavy atom. The Balaban J connectivity index is 1.34. The van der Waals surface area contributed by atoms with E-state index in [1.165, 1.54) is 18.4 Å². The molecule has 0 unspecified atom stereocenters. The van der Waals surface area contributed by atoms with Gasteiger partial charge in [-0.2, -0.15) is 0 Å². The quantitative estimate of drug-likeness (QED) is 0.594. The minimum atomic E-state index is -0.115. The SMILES string of the molecule is CCc1ccc(C(=O)N2CCN([C@H](C(=O)NCCc3ccccc3OC)C3CCCC3)CC2)cc1. The van der Waals surface area contributed by atoms with E-state index in [0.29, 0.717) is 25.6 Å². The summed E-state index contributed by atoms with van der Waals surface area (Å²) in [7, 11) is 1.68. The molecule has 1 N–H and O–H groups in total. The number of aryl methyl sites for hydroxylation is 1. The van der Waals surface area contributed by atoms with Crippen molar-refractivity contribution in [1.82, 2.24) is 15.1 Å². The molecule has 1 heterocycles. The fourth-order valence-electron chi connectivity index (χ4n) is 5.55. The van der Waals surface area contributed by atoms with E-state index in [1.54, 1.807) is 7.11 Å². The Morgan fingerprint density at radius 3 is 2.34 bits per heavy atom. The van der Waals surface area contributed by atoms with Crippen LogP contribution in [0.5, 0.6) is 5.75 Å². The van der Waals surface area contributed by atoms with Gasteiger partial charge in [-0.05, 0) is 60.9 Å². The fourth-order valence-corrected chi connectivity index (χ4v) is 5.55. The number of rotatable bonds is 9. The lowest BCUT2D eigenvalue weighted by molar-refractivity contribution is -0.129. The molecule has 1 saturated heterocycles. The summed E-state index contributed by atoms with van der Waals surface area (Å²) >= 11 is 0. The number of carbonyl (C=O) groups excluding carboxylic acids is 2. The predicted octanol–water partition coefficient (Wildman–Crippen LogP) is 3.93. The van der Waals surface area contributed by atoms with Gasteiger partial charge in [-0.25, -0.2) is 0 Å². The summed E-state index contributed by atoms with van der Waals surface area (Å²) in [5, 5.41) is 3.21. The number of hydrogen-bond acceptors (Lipinski definition) is 4. The number of methoxy groups -OCH3 is 1. The summed E-state index contributed by atoms with van der Waals surface area (Å²) in [6.07, 6.45) is 6.31. The number of hydrogen-bond donors (Lipinski definition) is 1. The van der Waals surface area contributed by atoms with Crippen LogP contribution >= 0.6 is 0 Å². The highest BCUT2D eigenvalue weighted by Gasteiger charge is 2.37. The van der Waals surface area contributed by atoms with Crippen LogP contribution in [0.15, 0.2) is 48.5 Å². The highest BCUT2D eigenvalue weighted by Crippen LogP contribution is 2.31. The van der Waals surface area contributed by atoms with Gasteiger partial charge in [0.15, 0.2) is 0 Å². The van der Waals surface area contributed by atoms with E-state index < -0.39 is 0 Å². The van der Waals surface area contributed by atoms with E-state index in [9.17, 15) is 9.59 Å². The van der Waals surface area contributed by atoms with Crippen molar-refractivity contribution < 1.29 is 14.3 Å². The molecule has 2 aromatic carbocycles. The van der Waals surface area contributed by atoms with Gasteiger partial charge in [0.05, 0.1) is 13.2 Å². The third-order valence-electron chi connectivity index (χ3n) is 7.61. The molecule has 35 heavy (non-hydrogen) atoms. The third-order valence-corrected chi connectivity index (χ3v) is 7.61. The maximum absolute atomic E-state index is 13.4. The van der Waals surface area contributed by atoms with Crippen LogP contribution in [0.2, 0.25) is 0 Å². The van der Waals surface area contributed by atoms with E-state index in [1.807, 2.05) is 53.4 Å². The lowest BCUT2D eigenvalue weighted by atomic mass is 9.94. The average molecular weight is 478 g/mol. The molecule has 1 aliphatic carbocycles. The maximum Gasteiger partial charge on any atom is 0.253 e. The predicted molar refractivity (Wildman–Crippen MR) is 139 cm³/mol. The second-order valence-corrected chi connectivity index (χ2v) is 9.72. The molecular weight excluding hydrogens is 438 g/mol. The topological polar surface area (TPSA) is 61.9 Å². The summed E-state index contributed by atoms with van der Waals surface area (Å²) in [5.74, 6) is 1.47. The van der Waals surface area contributed by atoms with Crippen LogP contribution in [0, 0.1) is 5.92 Å². The molecule has 6 nitrogen and oxygen atoms in total. The molecule has 2 aromatic rings. The molecule has 2 fully saturated rings. The van der Waals surface area contributed by atoms with Crippen LogP contribution in [0.1, 0.15) is 54.1 Å². The smallest absolute Gasteiger partial charge is 0.253 e. The molecule has 1 atom stereocenters.